The molecule has 0 amide bonds. The predicted molar refractivity (Wildman–Crippen MR) is 262 cm³/mol. The summed E-state index contributed by atoms with van der Waals surface area (Å²) in [5.74, 6) is -1.99. The Kier molecular flexibility index (Phi) is 15.3. The number of benzene rings is 8. The molecule has 0 aromatic heterocycles. The fourth-order valence-electron chi connectivity index (χ4n) is 6.65. The fraction of sp³-hybridized carbons (Fsp3) is 0. The van der Waals surface area contributed by atoms with E-state index in [0.717, 1.165) is 0 Å². The van der Waals surface area contributed by atoms with Gasteiger partial charge in [0.05, 0.1) is 0 Å². The smallest absolute Gasteiger partial charge is 0.193 e. The molecule has 0 aliphatic heterocycles. The van der Waals surface area contributed by atoms with Crippen molar-refractivity contribution in [3.63, 3.8) is 0 Å². The average molecular weight is 988 g/mol. The normalized spacial score (nSPS) is 10.6. The van der Waals surface area contributed by atoms with E-state index in [9.17, 15) is 28.8 Å². The van der Waals surface area contributed by atoms with Crippen LogP contribution in [0.4, 0.5) is 0 Å². The van der Waals surface area contributed by atoms with E-state index in [0.29, 0.717) is 63.5 Å². The average Bonchev–Trinajstić information content (AvgIpc) is 3.34. The molecule has 0 aliphatic rings. The lowest BCUT2D eigenvalue weighted by Crippen LogP contribution is -2.10. The van der Waals surface area contributed by atoms with E-state index in [-0.39, 0.29) is 68.1 Å². The number of ketones is 6. The molecule has 8 aromatic rings. The number of halogens is 6. The van der Waals surface area contributed by atoms with Crippen molar-refractivity contribution in [3.8, 4) is 0 Å². The first kappa shape index (κ1) is 47.5. The summed E-state index contributed by atoms with van der Waals surface area (Å²) in [5, 5.41) is 2.98. The summed E-state index contributed by atoms with van der Waals surface area (Å²) in [4.78, 5) is 79.0. The molecule has 8 rings (SSSR count). The van der Waals surface area contributed by atoms with Crippen molar-refractivity contribution in [2.24, 2.45) is 0 Å². The molecule has 0 radical (unpaired) electrons. The van der Waals surface area contributed by atoms with Crippen LogP contribution in [0, 0.1) is 0 Å². The summed E-state index contributed by atoms with van der Waals surface area (Å²) < 4.78 is 0. The third-order valence-corrected chi connectivity index (χ3v) is 11.6. The summed E-state index contributed by atoms with van der Waals surface area (Å²) in [6.07, 6.45) is 0. The van der Waals surface area contributed by atoms with Crippen molar-refractivity contribution in [3.05, 3.63) is 279 Å². The zero-order chi connectivity index (χ0) is 47.1. The first-order chi connectivity index (χ1) is 31.6. The topological polar surface area (TPSA) is 102 Å². The first-order valence-electron chi connectivity index (χ1n) is 19.8. The Bertz CT molecular complexity index is 2570. The molecule has 12 heteroatoms. The largest absolute Gasteiger partial charge is 0.289 e. The van der Waals surface area contributed by atoms with Crippen molar-refractivity contribution < 1.29 is 28.8 Å². The quantitative estimate of drug-likeness (QED) is 0.113. The Morgan fingerprint density at radius 1 is 0.182 bits per heavy atom. The Morgan fingerprint density at radius 3 is 0.394 bits per heavy atom. The lowest BCUT2D eigenvalue weighted by molar-refractivity contribution is 0.101. The predicted octanol–water partition coefficient (Wildman–Crippen LogP) is 14.7. The van der Waals surface area contributed by atoms with E-state index in [1.54, 1.807) is 146 Å². The van der Waals surface area contributed by atoms with Crippen LogP contribution in [0.15, 0.2) is 182 Å². The molecule has 0 bridgehead atoms. The van der Waals surface area contributed by atoms with Gasteiger partial charge in [-0.15, -0.1) is 0 Å². The van der Waals surface area contributed by atoms with Crippen molar-refractivity contribution in [1.29, 1.82) is 0 Å². The van der Waals surface area contributed by atoms with E-state index in [1.165, 1.54) is 36.4 Å². The van der Waals surface area contributed by atoms with Crippen molar-refractivity contribution in [2.75, 3.05) is 0 Å². The summed E-state index contributed by atoms with van der Waals surface area (Å²) in [5.41, 5.74) is 3.64. The molecule has 0 heterocycles. The van der Waals surface area contributed by atoms with Gasteiger partial charge < -0.3 is 0 Å². The zero-order valence-electron chi connectivity index (χ0n) is 34.0. The minimum Gasteiger partial charge on any atom is -0.289 e. The van der Waals surface area contributed by atoms with Crippen LogP contribution in [-0.4, -0.2) is 34.7 Å². The van der Waals surface area contributed by atoms with Crippen LogP contribution in [0.1, 0.15) is 95.5 Å². The highest BCUT2D eigenvalue weighted by atomic mass is 35.5. The van der Waals surface area contributed by atoms with Crippen LogP contribution in [0.3, 0.4) is 0 Å². The van der Waals surface area contributed by atoms with Crippen molar-refractivity contribution >= 4 is 104 Å². The SMILES string of the molecule is O=C(c1ccc(Cl)cc1)c1cc(C(=O)c2ccc(Cl)cc2)cc(C(=O)c2ccc(Cl)cc2)c1.O=C(c1ccc(Cl)cc1)c1cc(C(=O)c2ccc(Cl)cc2)cc(C(=O)c2ccc(Cl)cc2)c1. The minimum absolute atomic E-state index is 0.217. The minimum atomic E-state index is -0.331. The molecular weight excluding hydrogens is 957 g/mol. The van der Waals surface area contributed by atoms with E-state index >= 15 is 0 Å². The van der Waals surface area contributed by atoms with Crippen LogP contribution >= 0.6 is 69.6 Å². The van der Waals surface area contributed by atoms with Crippen LogP contribution in [0.2, 0.25) is 30.1 Å². The summed E-state index contributed by atoms with van der Waals surface area (Å²) in [7, 11) is 0. The molecule has 0 unspecified atom stereocenters. The maximum absolute atomic E-state index is 13.2. The first-order valence-corrected chi connectivity index (χ1v) is 22.0. The highest BCUT2D eigenvalue weighted by molar-refractivity contribution is 6.32. The van der Waals surface area contributed by atoms with E-state index in [4.69, 9.17) is 69.6 Å². The third kappa shape index (κ3) is 11.7. The van der Waals surface area contributed by atoms with Gasteiger partial charge in [-0.2, -0.15) is 0 Å². The second kappa shape index (κ2) is 21.2. The summed E-state index contributed by atoms with van der Waals surface area (Å²) >= 11 is 35.6. The molecule has 66 heavy (non-hydrogen) atoms. The Hall–Kier alpha value is -6.48. The molecule has 324 valence electrons. The van der Waals surface area contributed by atoms with E-state index < -0.39 is 0 Å². The summed E-state index contributed by atoms with van der Waals surface area (Å²) in [6, 6.07) is 47.4. The highest BCUT2D eigenvalue weighted by Crippen LogP contribution is 2.25. The van der Waals surface area contributed by atoms with Crippen LogP contribution in [0.25, 0.3) is 0 Å². The van der Waals surface area contributed by atoms with Gasteiger partial charge in [0.15, 0.2) is 34.7 Å². The van der Waals surface area contributed by atoms with Crippen LogP contribution < -0.4 is 0 Å². The number of rotatable bonds is 12. The maximum Gasteiger partial charge on any atom is 0.193 e. The molecule has 0 saturated heterocycles. The second-order valence-electron chi connectivity index (χ2n) is 14.6. The molecule has 0 aliphatic carbocycles. The van der Waals surface area contributed by atoms with Crippen LogP contribution in [0.5, 0.6) is 0 Å². The van der Waals surface area contributed by atoms with Gasteiger partial charge in [0, 0.05) is 96.9 Å². The van der Waals surface area contributed by atoms with Gasteiger partial charge in [-0.1, -0.05) is 69.6 Å². The molecule has 0 spiro atoms. The number of carbonyl (C=O) groups is 6. The van der Waals surface area contributed by atoms with E-state index in [1.807, 2.05) is 0 Å². The molecule has 0 fully saturated rings. The molecule has 0 atom stereocenters. The van der Waals surface area contributed by atoms with Gasteiger partial charge >= 0.3 is 0 Å². The van der Waals surface area contributed by atoms with Gasteiger partial charge in [-0.25, -0.2) is 0 Å². The van der Waals surface area contributed by atoms with Gasteiger partial charge in [0.2, 0.25) is 0 Å². The van der Waals surface area contributed by atoms with Gasteiger partial charge in [0.1, 0.15) is 0 Å². The molecule has 0 N–H and O–H groups in total. The van der Waals surface area contributed by atoms with Crippen LogP contribution in [-0.2, 0) is 0 Å². The van der Waals surface area contributed by atoms with Crippen molar-refractivity contribution in [2.45, 2.75) is 0 Å². The Morgan fingerprint density at radius 2 is 0.288 bits per heavy atom. The van der Waals surface area contributed by atoms with E-state index in [2.05, 4.69) is 0 Å². The highest BCUT2D eigenvalue weighted by Gasteiger charge is 2.22. The monoisotopic (exact) mass is 984 g/mol. The molecule has 6 nitrogen and oxygen atoms in total. The van der Waals surface area contributed by atoms with Crippen molar-refractivity contribution in [1.82, 2.24) is 0 Å². The number of carbonyl (C=O) groups excluding carboxylic acids is 6. The number of hydrogen-bond donors (Lipinski definition) is 0. The van der Waals surface area contributed by atoms with Gasteiger partial charge in [-0.3, -0.25) is 28.8 Å². The standard InChI is InChI=1S/2C27H15Cl3O3/c2*28-22-7-1-16(2-8-22)25(31)19-13-20(26(32)17-3-9-23(29)10-4-17)15-21(14-19)27(33)18-5-11-24(30)12-6-18/h2*1-15H. The molecule has 8 aromatic carbocycles. The summed E-state index contributed by atoms with van der Waals surface area (Å²) in [6.45, 7) is 0. The third-order valence-electron chi connectivity index (χ3n) is 10.1. The zero-order valence-corrected chi connectivity index (χ0v) is 38.6. The van der Waals surface area contributed by atoms with Gasteiger partial charge in [0.25, 0.3) is 0 Å². The maximum atomic E-state index is 13.2. The fourth-order valence-corrected chi connectivity index (χ4v) is 7.41. The Balaban J connectivity index is 0.000000196. The Labute approximate surface area is 409 Å². The van der Waals surface area contributed by atoms with Gasteiger partial charge in [-0.05, 0) is 182 Å². The second-order valence-corrected chi connectivity index (χ2v) is 17.2. The lowest BCUT2D eigenvalue weighted by Gasteiger charge is -2.10. The molecule has 0 saturated carbocycles. The lowest BCUT2D eigenvalue weighted by atomic mass is 9.92. The number of hydrogen-bond acceptors (Lipinski definition) is 6. The molecular formula is C54H30Cl6O6.